The van der Waals surface area contributed by atoms with Gasteiger partial charge in [-0.2, -0.15) is 0 Å². The number of hydrogen-bond acceptors (Lipinski definition) is 1. The molecule has 1 aromatic carbocycles. The van der Waals surface area contributed by atoms with Crippen molar-refractivity contribution >= 4 is 0 Å². The molecule has 1 atom stereocenters. The maximum Gasteiger partial charge on any atom is 0.0291 e. The van der Waals surface area contributed by atoms with Crippen molar-refractivity contribution in [1.29, 1.82) is 0 Å². The van der Waals surface area contributed by atoms with E-state index in [-0.39, 0.29) is 0 Å². The Kier molecular flexibility index (Phi) is 3.42. The Morgan fingerprint density at radius 2 is 2.20 bits per heavy atom. The van der Waals surface area contributed by atoms with Crippen LogP contribution in [-0.4, -0.2) is 6.54 Å². The zero-order chi connectivity index (χ0) is 10.7. The Morgan fingerprint density at radius 3 is 2.80 bits per heavy atom. The Hall–Kier alpha value is -0.820. The first-order valence-corrected chi connectivity index (χ1v) is 6.14. The SMILES string of the molecule is CCNC(C)c1cccc(C2CCC2)c1. The quantitative estimate of drug-likeness (QED) is 0.788. The summed E-state index contributed by atoms with van der Waals surface area (Å²) < 4.78 is 0. The number of benzene rings is 1. The maximum absolute atomic E-state index is 3.46. The van der Waals surface area contributed by atoms with Crippen molar-refractivity contribution < 1.29 is 0 Å². The van der Waals surface area contributed by atoms with Crippen LogP contribution < -0.4 is 5.32 Å². The highest BCUT2D eigenvalue weighted by molar-refractivity contribution is 5.29. The van der Waals surface area contributed by atoms with Gasteiger partial charge in [-0.3, -0.25) is 0 Å². The van der Waals surface area contributed by atoms with Crippen LogP contribution in [0, 0.1) is 0 Å². The van der Waals surface area contributed by atoms with Crippen LogP contribution in [0.5, 0.6) is 0 Å². The molecule has 1 heteroatoms. The molecule has 0 aliphatic heterocycles. The molecule has 1 N–H and O–H groups in total. The molecule has 0 radical (unpaired) electrons. The van der Waals surface area contributed by atoms with Gasteiger partial charge in [-0.05, 0) is 43.4 Å². The lowest BCUT2D eigenvalue weighted by atomic mass is 9.79. The molecule has 82 valence electrons. The molecule has 1 fully saturated rings. The summed E-state index contributed by atoms with van der Waals surface area (Å²) in [6.45, 7) is 5.44. The lowest BCUT2D eigenvalue weighted by molar-refractivity contribution is 0.419. The predicted octanol–water partition coefficient (Wildman–Crippen LogP) is 3.62. The van der Waals surface area contributed by atoms with Gasteiger partial charge < -0.3 is 5.32 Å². The molecule has 1 aliphatic rings. The molecular weight excluding hydrogens is 182 g/mol. The second kappa shape index (κ2) is 4.80. The van der Waals surface area contributed by atoms with Crippen molar-refractivity contribution in [3.63, 3.8) is 0 Å². The molecule has 2 rings (SSSR count). The largest absolute Gasteiger partial charge is 0.310 e. The monoisotopic (exact) mass is 203 g/mol. The smallest absolute Gasteiger partial charge is 0.0291 e. The van der Waals surface area contributed by atoms with Crippen LogP contribution in [0.4, 0.5) is 0 Å². The van der Waals surface area contributed by atoms with Crippen LogP contribution in [-0.2, 0) is 0 Å². The summed E-state index contributed by atoms with van der Waals surface area (Å²) in [5.74, 6) is 0.846. The fourth-order valence-corrected chi connectivity index (χ4v) is 2.25. The molecule has 0 amide bonds. The number of nitrogens with one attached hydrogen (secondary N) is 1. The van der Waals surface area contributed by atoms with Gasteiger partial charge in [0.05, 0.1) is 0 Å². The van der Waals surface area contributed by atoms with Gasteiger partial charge in [0.2, 0.25) is 0 Å². The van der Waals surface area contributed by atoms with Gasteiger partial charge in [-0.1, -0.05) is 37.6 Å². The Labute approximate surface area is 92.9 Å². The fourth-order valence-electron chi connectivity index (χ4n) is 2.25. The van der Waals surface area contributed by atoms with Crippen LogP contribution in [0.3, 0.4) is 0 Å². The number of hydrogen-bond donors (Lipinski definition) is 1. The Bertz CT molecular complexity index is 315. The van der Waals surface area contributed by atoms with E-state index in [1.165, 1.54) is 24.8 Å². The maximum atomic E-state index is 3.46. The van der Waals surface area contributed by atoms with Crippen molar-refractivity contribution in [2.75, 3.05) is 6.54 Å². The van der Waals surface area contributed by atoms with E-state index in [2.05, 4.69) is 43.4 Å². The second-order valence-electron chi connectivity index (χ2n) is 4.58. The third-order valence-corrected chi connectivity index (χ3v) is 3.50. The Balaban J connectivity index is 2.10. The minimum atomic E-state index is 0.482. The minimum Gasteiger partial charge on any atom is -0.310 e. The highest BCUT2D eigenvalue weighted by Crippen LogP contribution is 2.36. The average Bonchev–Trinajstić information content (AvgIpc) is 2.16. The van der Waals surface area contributed by atoms with Gasteiger partial charge in [0, 0.05) is 6.04 Å². The summed E-state index contributed by atoms with van der Waals surface area (Å²) in [7, 11) is 0. The molecule has 1 saturated carbocycles. The molecular formula is C14H21N. The molecule has 0 spiro atoms. The fraction of sp³-hybridized carbons (Fsp3) is 0.571. The third-order valence-electron chi connectivity index (χ3n) is 3.50. The van der Waals surface area contributed by atoms with Gasteiger partial charge in [0.25, 0.3) is 0 Å². The molecule has 0 heterocycles. The highest BCUT2D eigenvalue weighted by Gasteiger charge is 2.19. The van der Waals surface area contributed by atoms with Crippen molar-refractivity contribution in [1.82, 2.24) is 5.32 Å². The highest BCUT2D eigenvalue weighted by atomic mass is 14.9. The van der Waals surface area contributed by atoms with Crippen molar-refractivity contribution in [3.05, 3.63) is 35.4 Å². The standard InChI is InChI=1S/C14H21N/c1-3-15-11(2)13-8-5-9-14(10-13)12-6-4-7-12/h5,8-12,15H,3-4,6-7H2,1-2H3. The van der Waals surface area contributed by atoms with Gasteiger partial charge >= 0.3 is 0 Å². The van der Waals surface area contributed by atoms with Crippen LogP contribution in [0.15, 0.2) is 24.3 Å². The van der Waals surface area contributed by atoms with E-state index in [4.69, 9.17) is 0 Å². The zero-order valence-corrected chi connectivity index (χ0v) is 9.79. The molecule has 1 nitrogen and oxygen atoms in total. The lowest BCUT2D eigenvalue weighted by Gasteiger charge is -2.26. The number of rotatable bonds is 4. The predicted molar refractivity (Wildman–Crippen MR) is 65.1 cm³/mol. The molecule has 0 saturated heterocycles. The normalized spacial score (nSPS) is 18.5. The van der Waals surface area contributed by atoms with E-state index in [9.17, 15) is 0 Å². The summed E-state index contributed by atoms with van der Waals surface area (Å²) in [4.78, 5) is 0. The van der Waals surface area contributed by atoms with E-state index in [1.807, 2.05) is 0 Å². The van der Waals surface area contributed by atoms with E-state index < -0.39 is 0 Å². The molecule has 0 aromatic heterocycles. The van der Waals surface area contributed by atoms with E-state index in [0.717, 1.165) is 12.5 Å². The van der Waals surface area contributed by atoms with E-state index in [1.54, 1.807) is 5.56 Å². The van der Waals surface area contributed by atoms with Crippen molar-refractivity contribution in [3.8, 4) is 0 Å². The molecule has 1 unspecified atom stereocenters. The summed E-state index contributed by atoms with van der Waals surface area (Å²) >= 11 is 0. The van der Waals surface area contributed by atoms with Crippen LogP contribution in [0.2, 0.25) is 0 Å². The lowest BCUT2D eigenvalue weighted by Crippen LogP contribution is -2.18. The molecule has 15 heavy (non-hydrogen) atoms. The van der Waals surface area contributed by atoms with Crippen LogP contribution in [0.25, 0.3) is 0 Å². The summed E-state index contributed by atoms with van der Waals surface area (Å²) in [5.41, 5.74) is 2.98. The Morgan fingerprint density at radius 1 is 1.40 bits per heavy atom. The summed E-state index contributed by atoms with van der Waals surface area (Å²) in [5, 5.41) is 3.46. The van der Waals surface area contributed by atoms with Crippen LogP contribution >= 0.6 is 0 Å². The molecule has 1 aromatic rings. The second-order valence-corrected chi connectivity index (χ2v) is 4.58. The summed E-state index contributed by atoms with van der Waals surface area (Å²) in [6, 6.07) is 9.59. The van der Waals surface area contributed by atoms with E-state index >= 15 is 0 Å². The van der Waals surface area contributed by atoms with Gasteiger partial charge in [0.1, 0.15) is 0 Å². The van der Waals surface area contributed by atoms with Gasteiger partial charge in [-0.15, -0.1) is 0 Å². The van der Waals surface area contributed by atoms with Gasteiger partial charge in [0.15, 0.2) is 0 Å². The average molecular weight is 203 g/mol. The first-order chi connectivity index (χ1) is 7.31. The first-order valence-electron chi connectivity index (χ1n) is 6.14. The summed E-state index contributed by atoms with van der Waals surface area (Å²) in [6.07, 6.45) is 4.19. The topological polar surface area (TPSA) is 12.0 Å². The third kappa shape index (κ3) is 2.40. The van der Waals surface area contributed by atoms with Gasteiger partial charge in [-0.25, -0.2) is 0 Å². The molecule has 1 aliphatic carbocycles. The minimum absolute atomic E-state index is 0.482. The van der Waals surface area contributed by atoms with E-state index in [0.29, 0.717) is 6.04 Å². The zero-order valence-electron chi connectivity index (χ0n) is 9.79. The van der Waals surface area contributed by atoms with Crippen molar-refractivity contribution in [2.24, 2.45) is 0 Å². The first kappa shape index (κ1) is 10.7. The van der Waals surface area contributed by atoms with Crippen molar-refractivity contribution in [2.45, 2.75) is 45.1 Å². The molecule has 0 bridgehead atoms. The van der Waals surface area contributed by atoms with Crippen LogP contribution in [0.1, 0.15) is 56.2 Å².